The van der Waals surface area contributed by atoms with Crippen LogP contribution in [0, 0.1) is 0 Å². The fourth-order valence-corrected chi connectivity index (χ4v) is 0.127. The minimum absolute atomic E-state index is 0.250. The van der Waals surface area contributed by atoms with E-state index in [1.54, 1.807) is 13.8 Å². The van der Waals surface area contributed by atoms with Gasteiger partial charge in [-0.3, -0.25) is 0 Å². The fourth-order valence-electron chi connectivity index (χ4n) is 0.127. The van der Waals surface area contributed by atoms with Crippen molar-refractivity contribution < 1.29 is 9.90 Å². The van der Waals surface area contributed by atoms with Gasteiger partial charge in [-0.25, -0.2) is 9.79 Å². The lowest BCUT2D eigenvalue weighted by Crippen LogP contribution is -2.02. The summed E-state index contributed by atoms with van der Waals surface area (Å²) in [5, 5.41) is 7.57. The number of nitrogens with zero attached hydrogens (tertiary/aromatic N) is 1. The molecule has 2 amide bonds. The van der Waals surface area contributed by atoms with E-state index in [4.69, 9.17) is 5.11 Å². The van der Waals surface area contributed by atoms with Crippen LogP contribution in [0.15, 0.2) is 4.99 Å². The molecule has 0 heterocycles. The van der Waals surface area contributed by atoms with Crippen LogP contribution in [0.5, 0.6) is 0 Å². The van der Waals surface area contributed by atoms with E-state index in [0.29, 0.717) is 0 Å². The highest BCUT2D eigenvalue weighted by Crippen LogP contribution is 1.59. The molecular formula is C5H12N2O2. The Morgan fingerprint density at radius 1 is 1.89 bits per heavy atom. The number of aliphatic hydroxyl groups is 1. The van der Waals surface area contributed by atoms with Gasteiger partial charge >= 0.3 is 6.03 Å². The summed E-state index contributed by atoms with van der Waals surface area (Å²) in [4.78, 5) is 12.8. The van der Waals surface area contributed by atoms with E-state index in [-0.39, 0.29) is 6.61 Å². The minimum Gasteiger partial charge on any atom is -0.397 e. The van der Waals surface area contributed by atoms with Crippen LogP contribution in [0.3, 0.4) is 0 Å². The van der Waals surface area contributed by atoms with Gasteiger partial charge in [0.25, 0.3) is 0 Å². The minimum atomic E-state index is -0.641. The maximum absolute atomic E-state index is 9.62. The topological polar surface area (TPSA) is 75.7 Å². The van der Waals surface area contributed by atoms with Gasteiger partial charge in [-0.15, -0.1) is 0 Å². The summed E-state index contributed by atoms with van der Waals surface area (Å²) in [6.07, 6.45) is 1.35. The lowest BCUT2D eigenvalue weighted by atomic mass is 10.9. The molecule has 0 aliphatic carbocycles. The van der Waals surface area contributed by atoms with Gasteiger partial charge in [-0.2, -0.15) is 0 Å². The number of aliphatic imine (C=N–C) groups is 1. The van der Waals surface area contributed by atoms with Gasteiger partial charge in [0.1, 0.15) is 0 Å². The average molecular weight is 132 g/mol. The largest absolute Gasteiger partial charge is 0.397 e. The zero-order chi connectivity index (χ0) is 7.70. The summed E-state index contributed by atoms with van der Waals surface area (Å²) in [5.74, 6) is 0. The molecule has 0 unspecified atom stereocenters. The quantitative estimate of drug-likeness (QED) is 0.460. The van der Waals surface area contributed by atoms with Crippen LogP contribution in [0.25, 0.3) is 0 Å². The number of rotatable bonds is 0. The Hall–Kier alpha value is -0.900. The molecule has 0 bridgehead atoms. The zero-order valence-corrected chi connectivity index (χ0v) is 5.66. The average Bonchev–Trinajstić information content (AvgIpc) is 1.67. The summed E-state index contributed by atoms with van der Waals surface area (Å²) in [6.45, 7) is 3.56. The summed E-state index contributed by atoms with van der Waals surface area (Å²) < 4.78 is 0. The summed E-state index contributed by atoms with van der Waals surface area (Å²) in [6, 6.07) is -0.641. The number of hydrogen-bond donors (Lipinski definition) is 2. The molecule has 0 aromatic rings. The SMILES string of the molecule is CC=NC(N)=O.CCO. The third-order valence-electron chi connectivity index (χ3n) is 0.256. The third-order valence-corrected chi connectivity index (χ3v) is 0.256. The molecule has 4 nitrogen and oxygen atoms in total. The van der Waals surface area contributed by atoms with E-state index in [1.165, 1.54) is 6.21 Å². The summed E-state index contributed by atoms with van der Waals surface area (Å²) in [7, 11) is 0. The van der Waals surface area contributed by atoms with Gasteiger partial charge in [0.05, 0.1) is 0 Å². The fraction of sp³-hybridized carbons (Fsp3) is 0.600. The van der Waals surface area contributed by atoms with Crippen molar-refractivity contribution in [3.05, 3.63) is 0 Å². The number of primary amides is 1. The van der Waals surface area contributed by atoms with Crippen molar-refractivity contribution in [1.29, 1.82) is 0 Å². The molecule has 0 aliphatic heterocycles. The van der Waals surface area contributed by atoms with Crippen molar-refractivity contribution >= 4 is 12.2 Å². The highest BCUT2D eigenvalue weighted by Gasteiger charge is 1.74. The van der Waals surface area contributed by atoms with Gasteiger partial charge in [0.15, 0.2) is 0 Å². The molecular weight excluding hydrogens is 120 g/mol. The van der Waals surface area contributed by atoms with Gasteiger partial charge < -0.3 is 10.8 Å². The molecule has 0 spiro atoms. The molecule has 0 aliphatic rings. The zero-order valence-electron chi connectivity index (χ0n) is 5.66. The van der Waals surface area contributed by atoms with E-state index < -0.39 is 6.03 Å². The van der Waals surface area contributed by atoms with Gasteiger partial charge in [0.2, 0.25) is 0 Å². The molecule has 0 aromatic heterocycles. The molecule has 0 saturated heterocycles. The van der Waals surface area contributed by atoms with Crippen molar-refractivity contribution in [3.63, 3.8) is 0 Å². The Bertz CT molecular complexity index is 91.0. The van der Waals surface area contributed by atoms with Crippen LogP contribution in [0.1, 0.15) is 13.8 Å². The molecule has 0 aromatic carbocycles. The second-order valence-electron chi connectivity index (χ2n) is 1.04. The molecule has 0 atom stereocenters. The first-order valence-corrected chi connectivity index (χ1v) is 2.58. The Morgan fingerprint density at radius 2 is 2.22 bits per heavy atom. The Labute approximate surface area is 54.4 Å². The van der Waals surface area contributed by atoms with Crippen LogP contribution in [0.4, 0.5) is 4.79 Å². The predicted molar refractivity (Wildman–Crippen MR) is 36.5 cm³/mol. The molecule has 0 radical (unpaired) electrons. The van der Waals surface area contributed by atoms with E-state index in [0.717, 1.165) is 0 Å². The number of hydrogen-bond acceptors (Lipinski definition) is 2. The Morgan fingerprint density at radius 3 is 2.22 bits per heavy atom. The van der Waals surface area contributed by atoms with Crippen molar-refractivity contribution in [3.8, 4) is 0 Å². The van der Waals surface area contributed by atoms with Crippen molar-refractivity contribution in [1.82, 2.24) is 0 Å². The second kappa shape index (κ2) is 10.2. The smallest absolute Gasteiger partial charge is 0.337 e. The van der Waals surface area contributed by atoms with Crippen LogP contribution in [-0.4, -0.2) is 24.0 Å². The van der Waals surface area contributed by atoms with Crippen molar-refractivity contribution in [2.24, 2.45) is 10.7 Å². The molecule has 4 heteroatoms. The van der Waals surface area contributed by atoms with Crippen LogP contribution in [-0.2, 0) is 0 Å². The molecule has 0 rings (SSSR count). The Kier molecular flexibility index (Phi) is 12.4. The van der Waals surface area contributed by atoms with Gasteiger partial charge in [-0.05, 0) is 13.8 Å². The maximum atomic E-state index is 9.62. The lowest BCUT2D eigenvalue weighted by Gasteiger charge is -1.70. The molecule has 0 saturated carbocycles. The third kappa shape index (κ3) is 41.9. The van der Waals surface area contributed by atoms with E-state index in [2.05, 4.69) is 10.7 Å². The highest BCUT2D eigenvalue weighted by molar-refractivity contribution is 5.81. The number of nitrogens with two attached hydrogens (primary N) is 1. The van der Waals surface area contributed by atoms with Crippen LogP contribution < -0.4 is 5.73 Å². The number of aliphatic hydroxyl groups excluding tert-OH is 1. The number of urea groups is 1. The monoisotopic (exact) mass is 132 g/mol. The van der Waals surface area contributed by atoms with Crippen molar-refractivity contribution in [2.75, 3.05) is 6.61 Å². The predicted octanol–water partition coefficient (Wildman–Crippen LogP) is 0.154. The standard InChI is InChI=1S/C3H6N2O.C2H6O/c1-2-5-3(4)6;1-2-3/h2H,1H3,(H2,4,6);3H,2H2,1H3. The molecule has 54 valence electrons. The van der Waals surface area contributed by atoms with Gasteiger partial charge in [0, 0.05) is 12.8 Å². The first kappa shape index (κ1) is 11.0. The number of amides is 2. The summed E-state index contributed by atoms with van der Waals surface area (Å²) >= 11 is 0. The van der Waals surface area contributed by atoms with Crippen LogP contribution >= 0.6 is 0 Å². The van der Waals surface area contributed by atoms with E-state index >= 15 is 0 Å². The highest BCUT2D eigenvalue weighted by atomic mass is 16.2. The Balaban J connectivity index is 0. The lowest BCUT2D eigenvalue weighted by molar-refractivity contribution is 0.257. The van der Waals surface area contributed by atoms with Crippen LogP contribution in [0.2, 0.25) is 0 Å². The van der Waals surface area contributed by atoms with E-state index in [1.807, 2.05) is 0 Å². The first-order chi connectivity index (χ1) is 4.18. The first-order valence-electron chi connectivity index (χ1n) is 2.58. The normalized spacial score (nSPS) is 8.33. The second-order valence-corrected chi connectivity index (χ2v) is 1.04. The molecule has 0 fully saturated rings. The van der Waals surface area contributed by atoms with Crippen molar-refractivity contribution in [2.45, 2.75) is 13.8 Å². The number of carbonyl (C=O) groups is 1. The molecule has 3 N–H and O–H groups in total. The number of carbonyl (C=O) groups excluding carboxylic acids is 1. The maximum Gasteiger partial charge on any atom is 0.337 e. The van der Waals surface area contributed by atoms with Gasteiger partial charge in [-0.1, -0.05) is 0 Å². The summed E-state index contributed by atoms with van der Waals surface area (Å²) in [5.41, 5.74) is 4.57. The molecule has 9 heavy (non-hydrogen) atoms. The van der Waals surface area contributed by atoms with E-state index in [9.17, 15) is 4.79 Å².